The molecule has 0 fully saturated rings. The van der Waals surface area contributed by atoms with E-state index in [1.807, 2.05) is 30.3 Å². The summed E-state index contributed by atoms with van der Waals surface area (Å²) in [6, 6.07) is 4.09. The van der Waals surface area contributed by atoms with E-state index in [0.717, 1.165) is 24.5 Å². The molecule has 2 N–H and O–H groups in total. The van der Waals surface area contributed by atoms with Crippen LogP contribution in [0.1, 0.15) is 18.2 Å². The van der Waals surface area contributed by atoms with Crippen LogP contribution in [0.5, 0.6) is 0 Å². The zero-order valence-corrected chi connectivity index (χ0v) is 14.5. The van der Waals surface area contributed by atoms with Crippen LogP contribution in [0.25, 0.3) is 0 Å². The molecular formula is C13H19N3O2S3. The first kappa shape index (κ1) is 16.3. The van der Waals surface area contributed by atoms with Crippen molar-refractivity contribution in [1.29, 1.82) is 0 Å². The number of rotatable bonds is 7. The molecule has 0 bridgehead atoms. The topological polar surface area (TPSA) is 76.3 Å². The van der Waals surface area contributed by atoms with Gasteiger partial charge in [-0.05, 0) is 35.8 Å². The fourth-order valence-electron chi connectivity index (χ4n) is 2.03. The normalized spacial score (nSPS) is 11.7. The first-order valence-electron chi connectivity index (χ1n) is 6.67. The van der Waals surface area contributed by atoms with Crippen LogP contribution < -0.4 is 10.6 Å². The highest BCUT2D eigenvalue weighted by Crippen LogP contribution is 2.35. The molecule has 0 spiro atoms. The van der Waals surface area contributed by atoms with Crippen LogP contribution in [-0.4, -0.2) is 32.1 Å². The second kappa shape index (κ2) is 6.76. The van der Waals surface area contributed by atoms with Crippen LogP contribution in [0, 0.1) is 0 Å². The lowest BCUT2D eigenvalue weighted by molar-refractivity contribution is 0.595. The zero-order valence-electron chi connectivity index (χ0n) is 12.1. The smallest absolute Gasteiger partial charge is 0.185 e. The van der Waals surface area contributed by atoms with Crippen molar-refractivity contribution < 1.29 is 8.42 Å². The average molecular weight is 346 g/mol. The van der Waals surface area contributed by atoms with Crippen molar-refractivity contribution in [2.24, 2.45) is 0 Å². The van der Waals surface area contributed by atoms with Gasteiger partial charge in [-0.2, -0.15) is 4.37 Å². The van der Waals surface area contributed by atoms with Gasteiger partial charge < -0.3 is 10.6 Å². The van der Waals surface area contributed by atoms with Crippen LogP contribution >= 0.6 is 22.9 Å². The molecule has 0 saturated carbocycles. The van der Waals surface area contributed by atoms with Gasteiger partial charge in [-0.1, -0.05) is 13.0 Å². The van der Waals surface area contributed by atoms with Crippen LogP contribution in [0.3, 0.4) is 0 Å². The van der Waals surface area contributed by atoms with Gasteiger partial charge in [-0.15, -0.1) is 11.3 Å². The fourth-order valence-corrected chi connectivity index (χ4v) is 5.50. The van der Waals surface area contributed by atoms with Crippen molar-refractivity contribution in [2.45, 2.75) is 24.7 Å². The summed E-state index contributed by atoms with van der Waals surface area (Å²) in [7, 11) is -1.48. The minimum Gasteiger partial charge on any atom is -0.382 e. The number of nitrogens with zero attached hydrogens (tertiary/aromatic N) is 2. The number of aromatic nitrogens is 1. The number of likely N-dealkylation sites (N-methyl/N-ethyl adjacent to an activating group) is 1. The van der Waals surface area contributed by atoms with E-state index in [1.54, 1.807) is 11.3 Å². The molecule has 2 aromatic heterocycles. The lowest BCUT2D eigenvalue weighted by atomic mass is 10.3. The van der Waals surface area contributed by atoms with Gasteiger partial charge in [0.25, 0.3) is 0 Å². The third-order valence-electron chi connectivity index (χ3n) is 3.06. The van der Waals surface area contributed by atoms with Crippen LogP contribution in [0.4, 0.5) is 10.8 Å². The maximum absolute atomic E-state index is 12.3. The first-order valence-corrected chi connectivity index (χ1v) is 9.97. The van der Waals surface area contributed by atoms with Crippen molar-refractivity contribution in [3.63, 3.8) is 0 Å². The van der Waals surface area contributed by atoms with Gasteiger partial charge in [-0.3, -0.25) is 0 Å². The summed E-state index contributed by atoms with van der Waals surface area (Å²) in [6.07, 6.45) is 1.44. The summed E-state index contributed by atoms with van der Waals surface area (Å²) < 4.78 is 28.7. The molecule has 0 aromatic carbocycles. The Hall–Kier alpha value is -1.12. The van der Waals surface area contributed by atoms with Gasteiger partial charge in [0.15, 0.2) is 15.7 Å². The number of anilines is 2. The van der Waals surface area contributed by atoms with Gasteiger partial charge in [0.05, 0.1) is 5.75 Å². The first-order chi connectivity index (χ1) is 9.95. The van der Waals surface area contributed by atoms with Crippen LogP contribution in [0.2, 0.25) is 0 Å². The zero-order chi connectivity index (χ0) is 15.5. The molecule has 116 valence electrons. The molecule has 0 radical (unpaired) electrons. The van der Waals surface area contributed by atoms with E-state index in [9.17, 15) is 8.42 Å². The highest BCUT2D eigenvalue weighted by Gasteiger charge is 2.26. The van der Waals surface area contributed by atoms with Crippen molar-refractivity contribution in [3.8, 4) is 0 Å². The minimum atomic E-state index is -3.36. The molecule has 0 unspecified atom stereocenters. The SMILES string of the molecule is CCCS(=O)(=O)c1c(N)nsc1N(C)CCc1cccs1. The predicted molar refractivity (Wildman–Crippen MR) is 90.2 cm³/mol. The van der Waals surface area contributed by atoms with E-state index < -0.39 is 9.84 Å². The van der Waals surface area contributed by atoms with E-state index in [2.05, 4.69) is 10.4 Å². The molecule has 0 aliphatic rings. The van der Waals surface area contributed by atoms with E-state index in [1.165, 1.54) is 4.88 Å². The molecule has 8 heteroatoms. The molecule has 5 nitrogen and oxygen atoms in total. The Morgan fingerprint density at radius 2 is 2.19 bits per heavy atom. The number of hydrogen-bond acceptors (Lipinski definition) is 7. The van der Waals surface area contributed by atoms with E-state index in [-0.39, 0.29) is 16.5 Å². The molecule has 0 saturated heterocycles. The lowest BCUT2D eigenvalue weighted by Gasteiger charge is -2.18. The van der Waals surface area contributed by atoms with E-state index in [0.29, 0.717) is 11.4 Å². The summed E-state index contributed by atoms with van der Waals surface area (Å²) in [5.41, 5.74) is 5.78. The second-order valence-corrected chi connectivity index (χ2v) is 8.60. The largest absolute Gasteiger partial charge is 0.382 e. The summed E-state index contributed by atoms with van der Waals surface area (Å²) in [5.74, 6) is 0.216. The highest BCUT2D eigenvalue weighted by atomic mass is 32.2. The Labute approximate surface area is 133 Å². The number of thiophene rings is 1. The molecular weight excluding hydrogens is 326 g/mol. The van der Waals surface area contributed by atoms with Crippen molar-refractivity contribution >= 4 is 43.5 Å². The van der Waals surface area contributed by atoms with Gasteiger partial charge in [-0.25, -0.2) is 8.42 Å². The van der Waals surface area contributed by atoms with Gasteiger partial charge >= 0.3 is 0 Å². The Morgan fingerprint density at radius 3 is 2.81 bits per heavy atom. The quantitative estimate of drug-likeness (QED) is 0.835. The van der Waals surface area contributed by atoms with Crippen molar-refractivity contribution in [1.82, 2.24) is 4.37 Å². The van der Waals surface area contributed by atoms with Gasteiger partial charge in [0.1, 0.15) is 9.90 Å². The predicted octanol–water partition coefficient (Wildman–Crippen LogP) is 2.65. The number of hydrogen-bond donors (Lipinski definition) is 1. The molecule has 21 heavy (non-hydrogen) atoms. The molecule has 0 atom stereocenters. The molecule has 0 aliphatic carbocycles. The monoisotopic (exact) mass is 345 g/mol. The minimum absolute atomic E-state index is 0.0986. The van der Waals surface area contributed by atoms with Crippen molar-refractivity contribution in [3.05, 3.63) is 22.4 Å². The molecule has 2 rings (SSSR count). The standard InChI is InChI=1S/C13H19N3O2S3/c1-3-9-21(17,18)11-12(14)15-20-13(11)16(2)7-6-10-5-4-8-19-10/h4-5,8H,3,6-7,9H2,1-2H3,(H2,14,15). The molecule has 0 aliphatic heterocycles. The third kappa shape index (κ3) is 3.75. The van der Waals surface area contributed by atoms with Crippen LogP contribution in [-0.2, 0) is 16.3 Å². The van der Waals surface area contributed by atoms with E-state index >= 15 is 0 Å². The Kier molecular flexibility index (Phi) is 5.23. The van der Waals surface area contributed by atoms with Gasteiger partial charge in [0, 0.05) is 18.5 Å². The lowest BCUT2D eigenvalue weighted by Crippen LogP contribution is -2.21. The Morgan fingerprint density at radius 1 is 1.43 bits per heavy atom. The Balaban J connectivity index is 2.20. The maximum atomic E-state index is 12.3. The number of nitrogens with two attached hydrogens (primary N) is 1. The van der Waals surface area contributed by atoms with E-state index in [4.69, 9.17) is 5.73 Å². The fraction of sp³-hybridized carbons (Fsp3) is 0.462. The van der Waals surface area contributed by atoms with Crippen molar-refractivity contribution in [2.75, 3.05) is 30.0 Å². The summed E-state index contributed by atoms with van der Waals surface area (Å²) in [6.45, 7) is 2.57. The second-order valence-electron chi connectivity index (χ2n) is 4.77. The summed E-state index contributed by atoms with van der Waals surface area (Å²) >= 11 is 2.85. The Bertz CT molecular complexity index is 678. The maximum Gasteiger partial charge on any atom is 0.185 e. The molecule has 2 aromatic rings. The number of nitrogen functional groups attached to an aromatic ring is 1. The van der Waals surface area contributed by atoms with Gasteiger partial charge in [0.2, 0.25) is 0 Å². The summed E-state index contributed by atoms with van der Waals surface area (Å²) in [4.78, 5) is 3.40. The van der Waals surface area contributed by atoms with Crippen LogP contribution in [0.15, 0.2) is 22.4 Å². The molecule has 2 heterocycles. The average Bonchev–Trinajstić information content (AvgIpc) is 3.05. The number of sulfone groups is 1. The summed E-state index contributed by atoms with van der Waals surface area (Å²) in [5, 5.41) is 2.68. The third-order valence-corrected chi connectivity index (χ3v) is 7.07. The highest BCUT2D eigenvalue weighted by molar-refractivity contribution is 7.91. The molecule has 0 amide bonds.